The second kappa shape index (κ2) is 8.06. The topological polar surface area (TPSA) is 127 Å². The van der Waals surface area contributed by atoms with Gasteiger partial charge in [-0.3, -0.25) is 0 Å². The third kappa shape index (κ3) is 5.71. The first-order valence-corrected chi connectivity index (χ1v) is 9.64. The van der Waals surface area contributed by atoms with Crippen molar-refractivity contribution in [3.05, 3.63) is 21.5 Å². The fourth-order valence-corrected chi connectivity index (χ4v) is 3.69. The van der Waals surface area contributed by atoms with Gasteiger partial charge in [0.25, 0.3) is 0 Å². The number of amides is 1. The van der Waals surface area contributed by atoms with Crippen LogP contribution >= 0.6 is 34.9 Å². The molecular formula is C15H18N4O4S3. The van der Waals surface area contributed by atoms with Crippen LogP contribution in [0, 0.1) is 0 Å². The molecule has 0 aliphatic carbocycles. The first kappa shape index (κ1) is 20.2. The first-order chi connectivity index (χ1) is 12.0. The Morgan fingerprint density at radius 2 is 2.04 bits per heavy atom. The van der Waals surface area contributed by atoms with Gasteiger partial charge < -0.3 is 20.9 Å². The molecule has 0 bridgehead atoms. The number of alkyl carbamates (subject to hydrolysis) is 1. The van der Waals surface area contributed by atoms with Crippen LogP contribution in [0.25, 0.3) is 10.7 Å². The van der Waals surface area contributed by atoms with Crippen molar-refractivity contribution in [1.82, 2.24) is 15.3 Å². The van der Waals surface area contributed by atoms with E-state index in [1.54, 1.807) is 31.5 Å². The van der Waals surface area contributed by atoms with Gasteiger partial charge in [-0.15, -0.1) is 22.7 Å². The molecule has 26 heavy (non-hydrogen) atoms. The maximum Gasteiger partial charge on any atom is 0.408 e. The molecule has 2 aromatic heterocycles. The molecule has 0 radical (unpaired) electrons. The highest BCUT2D eigenvalue weighted by Crippen LogP contribution is 2.26. The van der Waals surface area contributed by atoms with E-state index in [0.29, 0.717) is 21.4 Å². The molecule has 140 valence electrons. The molecule has 1 amide bonds. The lowest BCUT2D eigenvalue weighted by molar-refractivity contribution is -0.139. The van der Waals surface area contributed by atoms with E-state index in [2.05, 4.69) is 15.3 Å². The third-order valence-corrected chi connectivity index (χ3v) is 4.84. The number of carboxylic acids is 1. The summed E-state index contributed by atoms with van der Waals surface area (Å²) in [5.74, 6) is -1.17. The van der Waals surface area contributed by atoms with Gasteiger partial charge in [0.1, 0.15) is 33.0 Å². The number of nitrogens with two attached hydrogens (primary N) is 1. The van der Waals surface area contributed by atoms with E-state index in [-0.39, 0.29) is 11.4 Å². The first-order valence-electron chi connectivity index (χ1n) is 7.47. The van der Waals surface area contributed by atoms with Gasteiger partial charge in [0.2, 0.25) is 0 Å². The molecule has 4 N–H and O–H groups in total. The molecule has 0 aliphatic rings. The van der Waals surface area contributed by atoms with E-state index in [1.165, 1.54) is 22.7 Å². The molecule has 8 nitrogen and oxygen atoms in total. The van der Waals surface area contributed by atoms with E-state index < -0.39 is 23.7 Å². The second-order valence-corrected chi connectivity index (χ2v) is 8.51. The summed E-state index contributed by atoms with van der Waals surface area (Å²) in [6, 6.07) is -1.15. The quantitative estimate of drug-likeness (QED) is 0.615. The number of hydrogen-bond donors (Lipinski definition) is 3. The lowest BCUT2D eigenvalue weighted by Crippen LogP contribution is -2.44. The van der Waals surface area contributed by atoms with Crippen LogP contribution in [0.5, 0.6) is 0 Å². The number of aromatic nitrogens is 2. The van der Waals surface area contributed by atoms with Crippen LogP contribution in [0.2, 0.25) is 0 Å². The fraction of sp³-hybridized carbons (Fsp3) is 0.400. The Balaban J connectivity index is 2.07. The number of rotatable bonds is 6. The van der Waals surface area contributed by atoms with Gasteiger partial charge in [-0.1, -0.05) is 12.2 Å². The fourth-order valence-electron chi connectivity index (χ4n) is 1.83. The number of nitrogens with zero attached hydrogens (tertiary/aromatic N) is 2. The molecule has 2 rings (SSSR count). The predicted molar refractivity (Wildman–Crippen MR) is 104 cm³/mol. The average Bonchev–Trinajstić information content (AvgIpc) is 3.12. The Morgan fingerprint density at radius 1 is 1.35 bits per heavy atom. The van der Waals surface area contributed by atoms with Gasteiger partial charge in [-0.2, -0.15) is 0 Å². The highest BCUT2D eigenvalue weighted by molar-refractivity contribution is 7.80. The van der Waals surface area contributed by atoms with Gasteiger partial charge in [0.15, 0.2) is 0 Å². The SMILES string of the molecule is CC(C)(C)OC(=O)N[C@@H](Cc1nc(-c2nc(C(N)=S)cs2)cs1)C(=O)O. The number of carboxylic acid groups (broad SMARTS) is 1. The molecule has 0 saturated heterocycles. The van der Waals surface area contributed by atoms with E-state index >= 15 is 0 Å². The Kier molecular flexibility index (Phi) is 6.26. The van der Waals surface area contributed by atoms with E-state index in [4.69, 9.17) is 22.7 Å². The molecule has 0 fully saturated rings. The predicted octanol–water partition coefficient (Wildman–Crippen LogP) is 2.42. The van der Waals surface area contributed by atoms with Crippen LogP contribution in [-0.2, 0) is 16.0 Å². The molecule has 11 heteroatoms. The van der Waals surface area contributed by atoms with Gasteiger partial charge in [0, 0.05) is 17.2 Å². The van der Waals surface area contributed by atoms with Gasteiger partial charge in [-0.25, -0.2) is 19.6 Å². The zero-order valence-corrected chi connectivity index (χ0v) is 16.8. The van der Waals surface area contributed by atoms with Crippen molar-refractivity contribution in [3.8, 4) is 10.7 Å². The maximum absolute atomic E-state index is 11.8. The number of aliphatic carboxylic acids is 1. The number of ether oxygens (including phenoxy) is 1. The van der Waals surface area contributed by atoms with Crippen LogP contribution in [0.4, 0.5) is 4.79 Å². The number of carbonyl (C=O) groups excluding carboxylic acids is 1. The molecule has 0 saturated carbocycles. The molecule has 0 unspecified atom stereocenters. The molecule has 0 spiro atoms. The summed E-state index contributed by atoms with van der Waals surface area (Å²) in [6.45, 7) is 5.10. The molecule has 0 aliphatic heterocycles. The van der Waals surface area contributed by atoms with Crippen LogP contribution in [0.3, 0.4) is 0 Å². The summed E-state index contributed by atoms with van der Waals surface area (Å²) in [4.78, 5) is 32.1. The van der Waals surface area contributed by atoms with Crippen LogP contribution in [-0.4, -0.2) is 43.8 Å². The van der Waals surface area contributed by atoms with Crippen molar-refractivity contribution in [2.75, 3.05) is 0 Å². The van der Waals surface area contributed by atoms with Gasteiger partial charge in [0.05, 0.1) is 5.01 Å². The van der Waals surface area contributed by atoms with Crippen molar-refractivity contribution < 1.29 is 19.4 Å². The highest BCUT2D eigenvalue weighted by Gasteiger charge is 2.25. The van der Waals surface area contributed by atoms with Crippen molar-refractivity contribution in [2.24, 2.45) is 5.73 Å². The van der Waals surface area contributed by atoms with Crippen molar-refractivity contribution >= 4 is 51.9 Å². The summed E-state index contributed by atoms with van der Waals surface area (Å²) in [5, 5.41) is 16.4. The Hall–Kier alpha value is -2.11. The third-order valence-electron chi connectivity index (χ3n) is 2.90. The van der Waals surface area contributed by atoms with E-state index in [1.807, 2.05) is 0 Å². The largest absolute Gasteiger partial charge is 0.480 e. The lowest BCUT2D eigenvalue weighted by Gasteiger charge is -2.21. The molecule has 0 aromatic carbocycles. The van der Waals surface area contributed by atoms with Gasteiger partial charge in [-0.05, 0) is 20.8 Å². The molecule has 2 heterocycles. The standard InChI is InChI=1S/C15H18N4O4S3/c1-15(2,3)23-14(22)19-7(13(20)21)4-10-17-9(6-25-10)12-18-8(5-26-12)11(16)24/h5-7H,4H2,1-3H3,(H2,16,24)(H,19,22)(H,20,21)/t7-/m0/s1. The lowest BCUT2D eigenvalue weighted by atomic mass is 10.2. The highest BCUT2D eigenvalue weighted by atomic mass is 32.1. The van der Waals surface area contributed by atoms with Gasteiger partial charge >= 0.3 is 12.1 Å². The van der Waals surface area contributed by atoms with Crippen LogP contribution in [0.15, 0.2) is 10.8 Å². The summed E-state index contributed by atoms with van der Waals surface area (Å²) in [6.07, 6.45) is -0.755. The summed E-state index contributed by atoms with van der Waals surface area (Å²) >= 11 is 7.51. The summed E-state index contributed by atoms with van der Waals surface area (Å²) in [5.41, 5.74) is 5.95. The zero-order valence-electron chi connectivity index (χ0n) is 14.3. The van der Waals surface area contributed by atoms with E-state index in [9.17, 15) is 14.7 Å². The summed E-state index contributed by atoms with van der Waals surface area (Å²) in [7, 11) is 0. The zero-order chi connectivity index (χ0) is 19.5. The maximum atomic E-state index is 11.8. The Morgan fingerprint density at radius 3 is 2.58 bits per heavy atom. The minimum atomic E-state index is -1.17. The number of hydrogen-bond acceptors (Lipinski definition) is 8. The van der Waals surface area contributed by atoms with Crippen molar-refractivity contribution in [3.63, 3.8) is 0 Å². The average molecular weight is 415 g/mol. The number of thiazole rings is 2. The van der Waals surface area contributed by atoms with Crippen molar-refractivity contribution in [1.29, 1.82) is 0 Å². The second-order valence-electron chi connectivity index (χ2n) is 6.27. The number of thiocarbonyl (C=S) groups is 1. The summed E-state index contributed by atoms with van der Waals surface area (Å²) < 4.78 is 5.09. The smallest absolute Gasteiger partial charge is 0.408 e. The Labute approximate surface area is 163 Å². The Bertz CT molecular complexity index is 825. The number of carbonyl (C=O) groups is 2. The molecule has 2 aromatic rings. The van der Waals surface area contributed by atoms with Crippen LogP contribution < -0.4 is 11.1 Å². The van der Waals surface area contributed by atoms with E-state index in [0.717, 1.165) is 0 Å². The normalized spacial score (nSPS) is 12.4. The van der Waals surface area contributed by atoms with Crippen LogP contribution in [0.1, 0.15) is 31.5 Å². The molecular weight excluding hydrogens is 396 g/mol. The van der Waals surface area contributed by atoms with Crippen molar-refractivity contribution in [2.45, 2.75) is 38.8 Å². The minimum absolute atomic E-state index is 0.0345. The molecule has 1 atom stereocenters. The minimum Gasteiger partial charge on any atom is -0.480 e. The number of nitrogens with one attached hydrogen (secondary N) is 1. The monoisotopic (exact) mass is 414 g/mol.